The number of alkyl halides is 2. The number of anilines is 1. The van der Waals surface area contributed by atoms with Crippen molar-refractivity contribution in [2.45, 2.75) is 23.0 Å². The fraction of sp³-hybridized carbons (Fsp3) is 0.400. The van der Waals surface area contributed by atoms with Gasteiger partial charge in [0.1, 0.15) is 0 Å². The van der Waals surface area contributed by atoms with Gasteiger partial charge in [-0.15, -0.1) is 0 Å². The van der Waals surface area contributed by atoms with E-state index in [-0.39, 0.29) is 26.9 Å². The first-order valence-electron chi connectivity index (χ1n) is 7.02. The van der Waals surface area contributed by atoms with Crippen LogP contribution in [0.25, 0.3) is 0 Å². The molecule has 1 saturated carbocycles. The molecular formula is C15H15Br2N3O2. The van der Waals surface area contributed by atoms with Crippen LogP contribution in [0.15, 0.2) is 29.4 Å². The minimum atomic E-state index is -0.242. The molecule has 0 bridgehead atoms. The molecule has 1 aliphatic carbocycles. The van der Waals surface area contributed by atoms with Crippen LogP contribution in [-0.2, 0) is 9.59 Å². The molecule has 0 saturated heterocycles. The maximum absolute atomic E-state index is 12.0. The molecule has 22 heavy (non-hydrogen) atoms. The van der Waals surface area contributed by atoms with Crippen LogP contribution >= 0.6 is 31.9 Å². The Kier molecular flexibility index (Phi) is 4.11. The third-order valence-corrected chi connectivity index (χ3v) is 5.60. The van der Waals surface area contributed by atoms with Crippen LogP contribution < -0.4 is 10.7 Å². The molecule has 2 aliphatic rings. The Morgan fingerprint density at radius 1 is 1.36 bits per heavy atom. The minimum absolute atomic E-state index is 0.00265. The van der Waals surface area contributed by atoms with Gasteiger partial charge in [-0.2, -0.15) is 5.10 Å². The first-order valence-corrected chi connectivity index (χ1v) is 8.61. The van der Waals surface area contributed by atoms with Gasteiger partial charge in [0, 0.05) is 18.0 Å². The summed E-state index contributed by atoms with van der Waals surface area (Å²) in [5.74, 6) is -0.0251. The van der Waals surface area contributed by atoms with Crippen molar-refractivity contribution in [3.8, 4) is 0 Å². The number of rotatable bonds is 3. The van der Waals surface area contributed by atoms with E-state index in [1.165, 1.54) is 0 Å². The zero-order valence-electron chi connectivity index (χ0n) is 11.9. The third kappa shape index (κ3) is 3.25. The second-order valence-electron chi connectivity index (χ2n) is 5.72. The lowest BCUT2D eigenvalue weighted by atomic mass is 9.94. The number of amides is 2. The van der Waals surface area contributed by atoms with Crippen LogP contribution in [0.2, 0.25) is 0 Å². The van der Waals surface area contributed by atoms with Gasteiger partial charge in [-0.3, -0.25) is 9.59 Å². The molecule has 0 aromatic heterocycles. The van der Waals surface area contributed by atoms with Gasteiger partial charge in [0.25, 0.3) is 0 Å². The highest BCUT2D eigenvalue weighted by atomic mass is 79.9. The maximum atomic E-state index is 12.0. The first-order chi connectivity index (χ1) is 10.4. The molecule has 0 spiro atoms. The zero-order chi connectivity index (χ0) is 15.9. The number of hydrogen-bond acceptors (Lipinski definition) is 3. The fourth-order valence-electron chi connectivity index (χ4n) is 2.45. The molecule has 1 aliphatic heterocycles. The molecular weight excluding hydrogens is 414 g/mol. The summed E-state index contributed by atoms with van der Waals surface area (Å²) in [5.41, 5.74) is 5.08. The Labute approximate surface area is 145 Å². The van der Waals surface area contributed by atoms with E-state index in [1.807, 2.05) is 31.2 Å². The average molecular weight is 429 g/mol. The van der Waals surface area contributed by atoms with Crippen molar-refractivity contribution in [1.82, 2.24) is 5.43 Å². The summed E-state index contributed by atoms with van der Waals surface area (Å²) >= 11 is 6.89. The minimum Gasteiger partial charge on any atom is -0.326 e. The lowest BCUT2D eigenvalue weighted by Gasteiger charge is -2.19. The van der Waals surface area contributed by atoms with E-state index in [1.54, 1.807) is 0 Å². The van der Waals surface area contributed by atoms with Crippen molar-refractivity contribution in [2.75, 3.05) is 5.32 Å². The van der Waals surface area contributed by atoms with Gasteiger partial charge in [0.05, 0.1) is 14.9 Å². The number of hydrogen-bond donors (Lipinski definition) is 2. The van der Waals surface area contributed by atoms with Gasteiger partial charge in [0.15, 0.2) is 0 Å². The molecule has 2 N–H and O–H groups in total. The number of carbonyl (C=O) groups excluding carboxylic acids is 2. The molecule has 2 atom stereocenters. The number of nitrogens with zero attached hydrogens (tertiary/aromatic N) is 1. The summed E-state index contributed by atoms with van der Waals surface area (Å²) in [6.07, 6.45) is 1.22. The standard InChI is InChI=1S/C15H15Br2N3O2/c1-8-6-12(21)19-20-13(8)9-2-4-10(5-3-9)18-14(22)11-7-15(11,16)17/h2-5,8,11H,6-7H2,1H3,(H,18,22)(H,19,21). The Balaban J connectivity index is 1.68. The Bertz CT molecular complexity index is 655. The highest BCUT2D eigenvalue weighted by molar-refractivity contribution is 9.25. The van der Waals surface area contributed by atoms with E-state index in [0.717, 1.165) is 23.4 Å². The highest BCUT2D eigenvalue weighted by Crippen LogP contribution is 2.56. The fourth-order valence-corrected chi connectivity index (χ4v) is 3.52. The molecule has 7 heteroatoms. The van der Waals surface area contributed by atoms with E-state index in [2.05, 4.69) is 47.7 Å². The van der Waals surface area contributed by atoms with Gasteiger partial charge in [-0.25, -0.2) is 5.43 Å². The molecule has 1 aromatic carbocycles. The molecule has 1 aromatic rings. The number of benzene rings is 1. The largest absolute Gasteiger partial charge is 0.326 e. The van der Waals surface area contributed by atoms with Crippen LogP contribution in [0.3, 0.4) is 0 Å². The van der Waals surface area contributed by atoms with Crippen LogP contribution in [0, 0.1) is 11.8 Å². The smallest absolute Gasteiger partial charge is 0.240 e. The SMILES string of the molecule is CC1CC(=O)NN=C1c1ccc(NC(=O)C2CC2(Br)Br)cc1. The summed E-state index contributed by atoms with van der Waals surface area (Å²) in [7, 11) is 0. The quantitative estimate of drug-likeness (QED) is 0.726. The summed E-state index contributed by atoms with van der Waals surface area (Å²) in [6, 6.07) is 7.52. The molecule has 0 radical (unpaired) electrons. The van der Waals surface area contributed by atoms with Gasteiger partial charge in [0.2, 0.25) is 11.8 Å². The van der Waals surface area contributed by atoms with Crippen molar-refractivity contribution in [1.29, 1.82) is 0 Å². The van der Waals surface area contributed by atoms with Crippen molar-refractivity contribution < 1.29 is 9.59 Å². The van der Waals surface area contributed by atoms with Crippen molar-refractivity contribution in [3.05, 3.63) is 29.8 Å². The first kappa shape index (κ1) is 15.7. The van der Waals surface area contributed by atoms with Crippen LogP contribution in [0.4, 0.5) is 5.69 Å². The lowest BCUT2D eigenvalue weighted by molar-refractivity contribution is -0.122. The summed E-state index contributed by atoms with van der Waals surface area (Å²) in [5, 5.41) is 7.03. The third-order valence-electron chi connectivity index (χ3n) is 3.85. The summed E-state index contributed by atoms with van der Waals surface area (Å²) in [4.78, 5) is 23.3. The van der Waals surface area contributed by atoms with E-state index in [0.29, 0.717) is 6.42 Å². The van der Waals surface area contributed by atoms with Gasteiger partial charge in [-0.05, 0) is 24.1 Å². The van der Waals surface area contributed by atoms with E-state index >= 15 is 0 Å². The topological polar surface area (TPSA) is 70.6 Å². The summed E-state index contributed by atoms with van der Waals surface area (Å²) in [6.45, 7) is 1.98. The van der Waals surface area contributed by atoms with E-state index in [9.17, 15) is 9.59 Å². The maximum Gasteiger partial charge on any atom is 0.240 e. The second-order valence-corrected chi connectivity index (χ2v) is 9.62. The Morgan fingerprint density at radius 2 is 2.00 bits per heavy atom. The van der Waals surface area contributed by atoms with Crippen LogP contribution in [0.1, 0.15) is 25.3 Å². The summed E-state index contributed by atoms with van der Waals surface area (Å²) < 4.78 is -0.242. The predicted octanol–water partition coefficient (Wildman–Crippen LogP) is 2.99. The molecule has 2 amide bonds. The van der Waals surface area contributed by atoms with Crippen LogP contribution in [-0.4, -0.2) is 20.8 Å². The Hall–Kier alpha value is -1.21. The lowest BCUT2D eigenvalue weighted by Crippen LogP contribution is -2.31. The Morgan fingerprint density at radius 3 is 2.55 bits per heavy atom. The number of nitrogens with one attached hydrogen (secondary N) is 2. The zero-order valence-corrected chi connectivity index (χ0v) is 15.1. The van der Waals surface area contributed by atoms with Gasteiger partial charge >= 0.3 is 0 Å². The molecule has 116 valence electrons. The number of carbonyl (C=O) groups is 2. The molecule has 3 rings (SSSR count). The van der Waals surface area contributed by atoms with E-state index in [4.69, 9.17) is 0 Å². The average Bonchev–Trinajstić information content (AvgIpc) is 3.09. The monoisotopic (exact) mass is 427 g/mol. The molecule has 5 nitrogen and oxygen atoms in total. The number of halogens is 2. The molecule has 2 unspecified atom stereocenters. The second kappa shape index (κ2) is 5.77. The van der Waals surface area contributed by atoms with Crippen molar-refractivity contribution in [2.24, 2.45) is 16.9 Å². The predicted molar refractivity (Wildman–Crippen MR) is 92.2 cm³/mol. The van der Waals surface area contributed by atoms with Crippen LogP contribution in [0.5, 0.6) is 0 Å². The normalized spacial score (nSPS) is 26.0. The van der Waals surface area contributed by atoms with Crippen molar-refractivity contribution >= 4 is 55.1 Å². The molecule has 1 fully saturated rings. The molecule has 1 heterocycles. The number of hydrazone groups is 1. The van der Waals surface area contributed by atoms with Gasteiger partial charge in [-0.1, -0.05) is 50.9 Å². The van der Waals surface area contributed by atoms with Crippen molar-refractivity contribution in [3.63, 3.8) is 0 Å². The van der Waals surface area contributed by atoms with E-state index < -0.39 is 0 Å². The van der Waals surface area contributed by atoms with Gasteiger partial charge < -0.3 is 5.32 Å². The highest BCUT2D eigenvalue weighted by Gasteiger charge is 2.55.